The predicted molar refractivity (Wildman–Crippen MR) is 95.4 cm³/mol. The Morgan fingerprint density at radius 1 is 1.32 bits per heavy atom. The van der Waals surface area contributed by atoms with Crippen molar-refractivity contribution in [3.8, 4) is 5.75 Å². The molecule has 1 aromatic carbocycles. The molecule has 28 heavy (non-hydrogen) atoms. The van der Waals surface area contributed by atoms with Crippen molar-refractivity contribution in [2.24, 2.45) is 23.2 Å². The Morgan fingerprint density at radius 3 is 2.96 bits per heavy atom. The standard InChI is InChI=1S/C21H20F2N2O3/c22-15-2-1-3-17(19(15)23)27-11-18-25-16(10-28-18)20(26)24-9-12-8-13-4-5-14(12)21(13)6-7-21/h1-5,10,12-14H,6-9,11H2,(H,24,26)/t12-,13-,14-/m0/s1. The molecule has 0 radical (unpaired) electrons. The van der Waals surface area contributed by atoms with Gasteiger partial charge in [-0.15, -0.1) is 0 Å². The van der Waals surface area contributed by atoms with Crippen molar-refractivity contribution in [2.75, 3.05) is 6.54 Å². The lowest BCUT2D eigenvalue weighted by molar-refractivity contribution is 0.0939. The Balaban J connectivity index is 1.15. The molecule has 0 saturated heterocycles. The molecular formula is C21H20F2N2O3. The fraction of sp³-hybridized carbons (Fsp3) is 0.429. The summed E-state index contributed by atoms with van der Waals surface area (Å²) in [4.78, 5) is 16.4. The summed E-state index contributed by atoms with van der Waals surface area (Å²) in [5.41, 5.74) is 0.651. The van der Waals surface area contributed by atoms with Crippen molar-refractivity contribution in [3.05, 3.63) is 59.8 Å². The van der Waals surface area contributed by atoms with E-state index in [0.29, 0.717) is 29.7 Å². The Bertz CT molecular complexity index is 951. The van der Waals surface area contributed by atoms with Crippen LogP contribution in [-0.2, 0) is 6.61 Å². The number of halogens is 2. The molecule has 1 heterocycles. The molecule has 2 saturated carbocycles. The van der Waals surface area contributed by atoms with E-state index in [4.69, 9.17) is 9.15 Å². The Morgan fingerprint density at radius 2 is 2.18 bits per heavy atom. The molecular weight excluding hydrogens is 366 g/mol. The molecule has 146 valence electrons. The maximum absolute atomic E-state index is 13.6. The molecule has 2 aromatic rings. The van der Waals surface area contributed by atoms with Gasteiger partial charge < -0.3 is 14.5 Å². The zero-order valence-electron chi connectivity index (χ0n) is 15.2. The SMILES string of the molecule is O=C(NC[C@@H]1C[C@@H]2C=C[C@@H]1C21CC1)c1coc(COc2cccc(F)c2F)n1. The largest absolute Gasteiger partial charge is 0.481 e. The van der Waals surface area contributed by atoms with Crippen LogP contribution in [0.2, 0.25) is 0 Å². The predicted octanol–water partition coefficient (Wildman–Crippen LogP) is 3.86. The van der Waals surface area contributed by atoms with E-state index in [1.807, 2.05) is 0 Å². The van der Waals surface area contributed by atoms with Crippen LogP contribution >= 0.6 is 0 Å². The van der Waals surface area contributed by atoms with Crippen LogP contribution in [0.4, 0.5) is 8.78 Å². The van der Waals surface area contributed by atoms with E-state index in [1.54, 1.807) is 0 Å². The number of carbonyl (C=O) groups is 1. The highest BCUT2D eigenvalue weighted by atomic mass is 19.2. The minimum Gasteiger partial charge on any atom is -0.481 e. The molecule has 3 atom stereocenters. The Hall–Kier alpha value is -2.70. The van der Waals surface area contributed by atoms with Crippen LogP contribution in [0, 0.1) is 34.8 Å². The topological polar surface area (TPSA) is 64.4 Å². The Labute approximate surface area is 160 Å². The number of carbonyl (C=O) groups excluding carboxylic acids is 1. The third-order valence-electron chi connectivity index (χ3n) is 6.42. The van der Waals surface area contributed by atoms with Crippen molar-refractivity contribution in [1.29, 1.82) is 0 Å². The molecule has 3 aliphatic rings. The summed E-state index contributed by atoms with van der Waals surface area (Å²) in [5, 5.41) is 2.95. The van der Waals surface area contributed by atoms with Crippen molar-refractivity contribution in [1.82, 2.24) is 10.3 Å². The molecule has 1 amide bonds. The average Bonchev–Trinajstić information content (AvgIpc) is 3.11. The van der Waals surface area contributed by atoms with E-state index in [1.165, 1.54) is 31.2 Å². The van der Waals surface area contributed by atoms with Crippen LogP contribution in [-0.4, -0.2) is 17.4 Å². The summed E-state index contributed by atoms with van der Waals surface area (Å²) in [5.74, 6) is -0.737. The molecule has 0 aliphatic heterocycles. The van der Waals surface area contributed by atoms with Crippen LogP contribution < -0.4 is 10.1 Å². The molecule has 2 bridgehead atoms. The molecule has 5 rings (SSSR count). The average molecular weight is 386 g/mol. The number of rotatable bonds is 6. The van der Waals surface area contributed by atoms with Gasteiger partial charge in [0.15, 0.2) is 23.9 Å². The van der Waals surface area contributed by atoms with E-state index < -0.39 is 11.6 Å². The van der Waals surface area contributed by atoms with Gasteiger partial charge in [0.25, 0.3) is 5.91 Å². The first-order valence-electron chi connectivity index (χ1n) is 9.54. The highest BCUT2D eigenvalue weighted by Gasteiger charge is 2.62. The van der Waals surface area contributed by atoms with Gasteiger partial charge in [-0.3, -0.25) is 4.79 Å². The molecule has 1 spiro atoms. The summed E-state index contributed by atoms with van der Waals surface area (Å²) in [6.07, 6.45) is 9.67. The number of nitrogens with one attached hydrogen (secondary N) is 1. The molecule has 5 nitrogen and oxygen atoms in total. The number of aromatic nitrogens is 1. The number of nitrogens with zero attached hydrogens (tertiary/aromatic N) is 1. The van der Waals surface area contributed by atoms with Crippen molar-refractivity contribution < 1.29 is 22.7 Å². The van der Waals surface area contributed by atoms with Crippen molar-refractivity contribution in [2.45, 2.75) is 25.9 Å². The fourth-order valence-electron chi connectivity index (χ4n) is 4.89. The summed E-state index contributed by atoms with van der Waals surface area (Å²) in [6, 6.07) is 3.66. The minimum atomic E-state index is -1.07. The second-order valence-electron chi connectivity index (χ2n) is 7.92. The number of hydrogen-bond donors (Lipinski definition) is 1. The molecule has 1 N–H and O–H groups in total. The fourth-order valence-corrected chi connectivity index (χ4v) is 4.89. The van der Waals surface area contributed by atoms with Crippen molar-refractivity contribution >= 4 is 5.91 Å². The third-order valence-corrected chi connectivity index (χ3v) is 6.42. The van der Waals surface area contributed by atoms with Gasteiger partial charge in [0.05, 0.1) is 0 Å². The summed E-state index contributed by atoms with van der Waals surface area (Å²) < 4.78 is 37.2. The highest BCUT2D eigenvalue weighted by molar-refractivity contribution is 5.91. The molecule has 1 aromatic heterocycles. The van der Waals surface area contributed by atoms with Gasteiger partial charge in [0.2, 0.25) is 11.7 Å². The minimum absolute atomic E-state index is 0.119. The van der Waals surface area contributed by atoms with Gasteiger partial charge in [0, 0.05) is 6.54 Å². The highest BCUT2D eigenvalue weighted by Crippen LogP contribution is 2.69. The van der Waals surface area contributed by atoms with E-state index in [9.17, 15) is 13.6 Å². The second kappa shape index (κ2) is 6.43. The van der Waals surface area contributed by atoms with Gasteiger partial charge in [-0.05, 0) is 54.6 Å². The van der Waals surface area contributed by atoms with Gasteiger partial charge >= 0.3 is 0 Å². The smallest absolute Gasteiger partial charge is 0.273 e. The van der Waals surface area contributed by atoms with Gasteiger partial charge in [0.1, 0.15) is 6.26 Å². The lowest BCUT2D eigenvalue weighted by atomic mass is 9.89. The van der Waals surface area contributed by atoms with Gasteiger partial charge in [-0.1, -0.05) is 18.2 Å². The Kier molecular flexibility index (Phi) is 4.00. The first-order valence-corrected chi connectivity index (χ1v) is 9.54. The number of amides is 1. The number of allylic oxidation sites excluding steroid dienone is 2. The molecule has 3 aliphatic carbocycles. The van der Waals surface area contributed by atoms with Crippen LogP contribution in [0.15, 0.2) is 41.0 Å². The van der Waals surface area contributed by atoms with Crippen LogP contribution in [0.5, 0.6) is 5.75 Å². The van der Waals surface area contributed by atoms with E-state index >= 15 is 0 Å². The lowest BCUT2D eigenvalue weighted by Gasteiger charge is -2.19. The molecule has 0 unspecified atom stereocenters. The number of ether oxygens (including phenoxy) is 1. The number of benzene rings is 1. The van der Waals surface area contributed by atoms with Crippen molar-refractivity contribution in [3.63, 3.8) is 0 Å². The normalized spacial score (nSPS) is 26.0. The van der Waals surface area contributed by atoms with E-state index in [2.05, 4.69) is 22.5 Å². The zero-order chi connectivity index (χ0) is 19.3. The third kappa shape index (κ3) is 2.80. The summed E-state index contributed by atoms with van der Waals surface area (Å²) in [7, 11) is 0. The summed E-state index contributed by atoms with van der Waals surface area (Å²) in [6.45, 7) is 0.423. The lowest BCUT2D eigenvalue weighted by Crippen LogP contribution is -2.31. The van der Waals surface area contributed by atoms with Gasteiger partial charge in [-0.25, -0.2) is 9.37 Å². The van der Waals surface area contributed by atoms with Crippen LogP contribution in [0.25, 0.3) is 0 Å². The zero-order valence-corrected chi connectivity index (χ0v) is 15.2. The maximum Gasteiger partial charge on any atom is 0.273 e. The van der Waals surface area contributed by atoms with Crippen LogP contribution in [0.1, 0.15) is 35.6 Å². The first-order chi connectivity index (χ1) is 13.6. The molecule has 2 fully saturated rings. The maximum atomic E-state index is 13.6. The quantitative estimate of drug-likeness (QED) is 0.766. The van der Waals surface area contributed by atoms with Gasteiger partial charge in [-0.2, -0.15) is 4.39 Å². The second-order valence-corrected chi connectivity index (χ2v) is 7.92. The van der Waals surface area contributed by atoms with Crippen LogP contribution in [0.3, 0.4) is 0 Å². The monoisotopic (exact) mass is 386 g/mol. The first kappa shape index (κ1) is 17.4. The molecule has 7 heteroatoms. The van der Waals surface area contributed by atoms with E-state index in [-0.39, 0.29) is 29.8 Å². The summed E-state index contributed by atoms with van der Waals surface area (Å²) >= 11 is 0. The van der Waals surface area contributed by atoms with E-state index in [0.717, 1.165) is 12.5 Å². The number of oxazole rings is 1. The number of hydrogen-bond acceptors (Lipinski definition) is 4.